The third-order valence-corrected chi connectivity index (χ3v) is 5.97. The highest BCUT2D eigenvalue weighted by Crippen LogP contribution is 2.28. The molecule has 0 bridgehead atoms. The highest BCUT2D eigenvalue weighted by atomic mass is 16.5. The minimum absolute atomic E-state index is 0.109. The van der Waals surface area contributed by atoms with E-state index >= 15 is 0 Å². The minimum atomic E-state index is -0.109. The Morgan fingerprint density at radius 1 is 0.969 bits per heavy atom. The van der Waals surface area contributed by atoms with Crippen molar-refractivity contribution in [1.82, 2.24) is 9.47 Å². The number of fused-ring (bicyclic) bond motifs is 1. The van der Waals surface area contributed by atoms with Crippen molar-refractivity contribution in [1.29, 1.82) is 0 Å². The number of carbonyl (C=O) groups excluding carboxylic acids is 1. The second kappa shape index (κ2) is 9.77. The molecule has 2 heterocycles. The molecule has 0 saturated carbocycles. The van der Waals surface area contributed by atoms with Crippen LogP contribution in [0.1, 0.15) is 12.8 Å². The fraction of sp³-hybridized carbons (Fsp3) is 0.360. The second-order valence-electron chi connectivity index (χ2n) is 7.91. The second-order valence-corrected chi connectivity index (χ2v) is 7.91. The summed E-state index contributed by atoms with van der Waals surface area (Å²) in [7, 11) is 3.43. The van der Waals surface area contributed by atoms with Gasteiger partial charge in [0.15, 0.2) is 0 Å². The average Bonchev–Trinajstić information content (AvgIpc) is 2.84. The summed E-state index contributed by atoms with van der Waals surface area (Å²) in [5.74, 6) is 1.57. The van der Waals surface area contributed by atoms with E-state index < -0.39 is 0 Å². The molecular formula is C25H29N3O4. The zero-order valence-corrected chi connectivity index (χ0v) is 18.6. The summed E-state index contributed by atoms with van der Waals surface area (Å²) in [6.45, 7) is 3.34. The fourth-order valence-corrected chi connectivity index (χ4v) is 4.15. The first-order valence-electron chi connectivity index (χ1n) is 11.0. The van der Waals surface area contributed by atoms with Gasteiger partial charge in [-0.1, -0.05) is 24.3 Å². The molecule has 0 N–H and O–H groups in total. The number of carbonyl (C=O) groups is 1. The number of ether oxygens (including phenoxy) is 2. The first kappa shape index (κ1) is 21.7. The molecule has 0 aliphatic carbocycles. The number of pyridine rings is 1. The Bertz CT molecular complexity index is 1150. The SMILES string of the molecule is COc1ccccc1N1CCN(C(=O)CCCOc2cc(=O)n(C)c3ccccc23)CC1. The van der Waals surface area contributed by atoms with E-state index in [-0.39, 0.29) is 11.5 Å². The monoisotopic (exact) mass is 435 g/mol. The van der Waals surface area contributed by atoms with Gasteiger partial charge in [0.25, 0.3) is 5.56 Å². The van der Waals surface area contributed by atoms with E-state index in [1.807, 2.05) is 53.4 Å². The first-order valence-corrected chi connectivity index (χ1v) is 11.0. The Morgan fingerprint density at radius 2 is 1.69 bits per heavy atom. The molecule has 0 radical (unpaired) electrons. The molecule has 0 unspecified atom stereocenters. The number of benzene rings is 2. The summed E-state index contributed by atoms with van der Waals surface area (Å²) in [4.78, 5) is 29.0. The number of anilines is 1. The fourth-order valence-electron chi connectivity index (χ4n) is 4.15. The highest BCUT2D eigenvalue weighted by Gasteiger charge is 2.22. The van der Waals surface area contributed by atoms with E-state index in [2.05, 4.69) is 4.90 Å². The van der Waals surface area contributed by atoms with Gasteiger partial charge in [-0.25, -0.2) is 0 Å². The van der Waals surface area contributed by atoms with E-state index in [1.165, 1.54) is 6.07 Å². The Morgan fingerprint density at radius 3 is 2.47 bits per heavy atom. The topological polar surface area (TPSA) is 64.0 Å². The van der Waals surface area contributed by atoms with Crippen LogP contribution in [0.4, 0.5) is 5.69 Å². The summed E-state index contributed by atoms with van der Waals surface area (Å²) in [6, 6.07) is 17.1. The number of rotatable bonds is 7. The molecule has 1 aromatic heterocycles. The number of hydrogen-bond donors (Lipinski definition) is 0. The van der Waals surface area contributed by atoms with E-state index in [0.717, 1.165) is 35.4 Å². The van der Waals surface area contributed by atoms with Gasteiger partial charge in [0.2, 0.25) is 5.91 Å². The number of aromatic nitrogens is 1. The standard InChI is InChI=1S/C25H29N3O4/c1-26-20-9-4-3-8-19(20)23(18-25(26)30)32-17-7-12-24(29)28-15-13-27(14-16-28)21-10-5-6-11-22(21)31-2/h3-6,8-11,18H,7,12-17H2,1-2H3. The Kier molecular flexibility index (Phi) is 6.63. The first-order chi connectivity index (χ1) is 15.6. The number of amides is 1. The summed E-state index contributed by atoms with van der Waals surface area (Å²) < 4.78 is 13.0. The van der Waals surface area contributed by atoms with Crippen molar-refractivity contribution in [3.63, 3.8) is 0 Å². The van der Waals surface area contributed by atoms with Gasteiger partial charge < -0.3 is 23.8 Å². The molecule has 32 heavy (non-hydrogen) atoms. The van der Waals surface area contributed by atoms with Crippen LogP contribution in [0.3, 0.4) is 0 Å². The van der Waals surface area contributed by atoms with Crippen molar-refractivity contribution in [2.24, 2.45) is 7.05 Å². The van der Waals surface area contributed by atoms with Gasteiger partial charge in [0, 0.05) is 51.1 Å². The molecule has 168 valence electrons. The third kappa shape index (κ3) is 4.56. The van der Waals surface area contributed by atoms with Gasteiger partial charge >= 0.3 is 0 Å². The lowest BCUT2D eigenvalue weighted by atomic mass is 10.2. The van der Waals surface area contributed by atoms with Gasteiger partial charge in [-0.2, -0.15) is 0 Å². The molecule has 0 spiro atoms. The number of piperazine rings is 1. The van der Waals surface area contributed by atoms with E-state index in [1.54, 1.807) is 18.7 Å². The zero-order valence-electron chi connectivity index (χ0n) is 18.6. The number of nitrogens with zero attached hydrogens (tertiary/aromatic N) is 3. The number of hydrogen-bond acceptors (Lipinski definition) is 5. The number of methoxy groups -OCH3 is 1. The smallest absolute Gasteiger partial charge is 0.254 e. The molecule has 1 amide bonds. The Balaban J connectivity index is 1.27. The summed E-state index contributed by atoms with van der Waals surface area (Å²) >= 11 is 0. The number of aryl methyl sites for hydroxylation is 1. The van der Waals surface area contributed by atoms with Crippen molar-refractivity contribution in [2.75, 3.05) is 44.8 Å². The van der Waals surface area contributed by atoms with Gasteiger partial charge in [0.05, 0.1) is 24.9 Å². The Hall–Kier alpha value is -3.48. The molecule has 1 fully saturated rings. The van der Waals surface area contributed by atoms with Crippen LogP contribution < -0.4 is 19.9 Å². The summed E-state index contributed by atoms with van der Waals surface area (Å²) in [5.41, 5.74) is 1.79. The predicted octanol–water partition coefficient (Wildman–Crippen LogP) is 3.05. The minimum Gasteiger partial charge on any atom is -0.495 e. The van der Waals surface area contributed by atoms with Gasteiger partial charge in [-0.15, -0.1) is 0 Å². The third-order valence-electron chi connectivity index (χ3n) is 5.97. The summed E-state index contributed by atoms with van der Waals surface area (Å²) in [5, 5.41) is 0.897. The molecular weight excluding hydrogens is 406 g/mol. The molecule has 1 aliphatic rings. The highest BCUT2D eigenvalue weighted by molar-refractivity contribution is 5.85. The van der Waals surface area contributed by atoms with Crippen molar-refractivity contribution < 1.29 is 14.3 Å². The van der Waals surface area contributed by atoms with Crippen LogP contribution in [0.5, 0.6) is 11.5 Å². The lowest BCUT2D eigenvalue weighted by molar-refractivity contribution is -0.131. The molecule has 3 aromatic rings. The van der Waals surface area contributed by atoms with Gasteiger partial charge in [-0.3, -0.25) is 9.59 Å². The average molecular weight is 436 g/mol. The van der Waals surface area contributed by atoms with E-state index in [0.29, 0.717) is 38.3 Å². The Labute approximate surface area is 187 Å². The maximum Gasteiger partial charge on any atom is 0.254 e. The number of para-hydroxylation sites is 3. The van der Waals surface area contributed by atoms with E-state index in [9.17, 15) is 9.59 Å². The molecule has 1 aliphatic heterocycles. The van der Waals surface area contributed by atoms with Crippen LogP contribution in [-0.2, 0) is 11.8 Å². The maximum atomic E-state index is 12.7. The predicted molar refractivity (Wildman–Crippen MR) is 126 cm³/mol. The summed E-state index contributed by atoms with van der Waals surface area (Å²) in [6.07, 6.45) is 1.03. The van der Waals surface area contributed by atoms with Crippen LogP contribution in [-0.4, -0.2) is 55.3 Å². The van der Waals surface area contributed by atoms with Crippen LogP contribution in [0.2, 0.25) is 0 Å². The molecule has 4 rings (SSSR count). The molecule has 0 atom stereocenters. The largest absolute Gasteiger partial charge is 0.495 e. The van der Waals surface area contributed by atoms with Crippen molar-refractivity contribution in [3.05, 3.63) is 65.0 Å². The lowest BCUT2D eigenvalue weighted by Gasteiger charge is -2.36. The van der Waals surface area contributed by atoms with Crippen LogP contribution in [0.15, 0.2) is 59.4 Å². The molecule has 1 saturated heterocycles. The van der Waals surface area contributed by atoms with Crippen molar-refractivity contribution in [3.8, 4) is 11.5 Å². The maximum absolute atomic E-state index is 12.7. The van der Waals surface area contributed by atoms with Gasteiger partial charge in [0.1, 0.15) is 11.5 Å². The van der Waals surface area contributed by atoms with E-state index in [4.69, 9.17) is 9.47 Å². The molecule has 7 heteroatoms. The molecule has 2 aromatic carbocycles. The van der Waals surface area contributed by atoms with Crippen LogP contribution >= 0.6 is 0 Å². The molecule has 7 nitrogen and oxygen atoms in total. The normalized spacial score (nSPS) is 13.9. The van der Waals surface area contributed by atoms with Crippen LogP contribution in [0.25, 0.3) is 10.9 Å². The zero-order chi connectivity index (χ0) is 22.5. The lowest BCUT2D eigenvalue weighted by Crippen LogP contribution is -2.48. The quantitative estimate of drug-likeness (QED) is 0.534. The van der Waals surface area contributed by atoms with Crippen molar-refractivity contribution >= 4 is 22.5 Å². The van der Waals surface area contributed by atoms with Crippen LogP contribution in [0, 0.1) is 0 Å². The van der Waals surface area contributed by atoms with Gasteiger partial charge in [-0.05, 0) is 30.7 Å². The van der Waals surface area contributed by atoms with Crippen molar-refractivity contribution in [2.45, 2.75) is 12.8 Å².